The Bertz CT molecular complexity index is 1050. The molecule has 2 aromatic carbocycles. The number of nitrogens with one attached hydrogen (secondary N) is 3. The van der Waals surface area contributed by atoms with Crippen LogP contribution < -0.4 is 20.7 Å². The van der Waals surface area contributed by atoms with Gasteiger partial charge in [-0.2, -0.15) is 0 Å². The summed E-state index contributed by atoms with van der Waals surface area (Å²) in [4.78, 5) is 16.2. The van der Waals surface area contributed by atoms with Crippen molar-refractivity contribution in [2.45, 2.75) is 66.0 Å². The normalized spacial score (nSPS) is 11.0. The number of hydrogen-bond donors (Lipinski definition) is 3. The Morgan fingerprint density at radius 1 is 1.08 bits per heavy atom. The highest BCUT2D eigenvalue weighted by Gasteiger charge is 2.16. The van der Waals surface area contributed by atoms with E-state index in [1.165, 1.54) is 32.8 Å². The largest absolute Gasteiger partial charge is 0.493 e. The average Bonchev–Trinajstić information content (AvgIpc) is 2.87. The summed E-state index contributed by atoms with van der Waals surface area (Å²) in [5, 5.41) is 8.37. The molecule has 0 radical (unpaired) electrons. The third-order valence-electron chi connectivity index (χ3n) is 5.32. The van der Waals surface area contributed by atoms with Crippen LogP contribution in [0, 0.1) is 5.82 Å². The zero-order valence-electron chi connectivity index (χ0n) is 24.1. The van der Waals surface area contributed by atoms with Crippen molar-refractivity contribution in [3.63, 3.8) is 0 Å². The molecule has 2 rings (SSSR count). The summed E-state index contributed by atoms with van der Waals surface area (Å²) in [5.74, 6) is -0.140. The smallest absolute Gasteiger partial charge is 0.319 e. The van der Waals surface area contributed by atoms with Crippen LogP contribution in [0.3, 0.4) is 0 Å². The second-order valence-corrected chi connectivity index (χ2v) is 9.41. The first-order chi connectivity index (χ1) is 18.5. The van der Waals surface area contributed by atoms with Gasteiger partial charge in [0.25, 0.3) is 0 Å². The van der Waals surface area contributed by atoms with Crippen LogP contribution in [0.15, 0.2) is 48.0 Å². The van der Waals surface area contributed by atoms with Gasteiger partial charge in [-0.15, -0.1) is 0 Å². The van der Waals surface area contributed by atoms with E-state index in [-0.39, 0.29) is 18.5 Å². The molecule has 0 unspecified atom stereocenters. The van der Waals surface area contributed by atoms with Gasteiger partial charge in [0, 0.05) is 62.1 Å². The number of alkyl halides is 1. The van der Waals surface area contributed by atoms with Gasteiger partial charge < -0.3 is 25.4 Å². The molecule has 2 aromatic rings. The summed E-state index contributed by atoms with van der Waals surface area (Å²) >= 11 is 0. The maximum absolute atomic E-state index is 15.0. The van der Waals surface area contributed by atoms with Gasteiger partial charge in [0.05, 0.1) is 17.9 Å². The minimum absolute atomic E-state index is 0.215. The van der Waals surface area contributed by atoms with Crippen LogP contribution in [-0.2, 0) is 4.74 Å². The molecule has 0 aliphatic heterocycles. The Balaban J connectivity index is 0.00000177. The fourth-order valence-electron chi connectivity index (χ4n) is 3.11. The van der Waals surface area contributed by atoms with Crippen molar-refractivity contribution in [3.8, 4) is 5.75 Å². The molecular weight excluding hydrogens is 502 g/mol. The van der Waals surface area contributed by atoms with E-state index in [4.69, 9.17) is 9.47 Å². The number of carbonyl (C=O) groups excluding carboxylic acids is 1. The molecule has 0 atom stereocenters. The van der Waals surface area contributed by atoms with Crippen molar-refractivity contribution < 1.29 is 23.0 Å². The number of urea groups is 1. The number of benzene rings is 2. The van der Waals surface area contributed by atoms with Crippen molar-refractivity contribution in [2.75, 3.05) is 37.5 Å². The third kappa shape index (κ3) is 13.8. The lowest BCUT2D eigenvalue weighted by atomic mass is 10.1. The van der Waals surface area contributed by atoms with E-state index in [1.807, 2.05) is 0 Å². The fourth-order valence-corrected chi connectivity index (χ4v) is 3.11. The lowest BCUT2D eigenvalue weighted by Gasteiger charge is -2.16. The van der Waals surface area contributed by atoms with E-state index < -0.39 is 17.5 Å². The standard InChI is InChI=1S/C26H34F2N4O3.C4H10/c1-6-29-23-17-21(35-15-7-14-34-5)16-22(27)24(23)18(2)31-19-8-10-20(11-9-19)32-25(33)30-13-12-26(3,4)28;1-3-4-2/h6,8-11,16-17,31H,2,7,12-15H2,1,3-5H3,(H2,30,32,33);3-4H2,1-2H3. The highest BCUT2D eigenvalue weighted by atomic mass is 19.1. The number of rotatable bonds is 14. The number of ether oxygens (including phenoxy) is 2. The summed E-state index contributed by atoms with van der Waals surface area (Å²) in [5.41, 5.74) is 0.785. The topological polar surface area (TPSA) is 84.0 Å². The van der Waals surface area contributed by atoms with Gasteiger partial charge in [0.15, 0.2) is 0 Å². The molecule has 0 aliphatic rings. The molecule has 0 bridgehead atoms. The van der Waals surface area contributed by atoms with Crippen molar-refractivity contribution in [1.82, 2.24) is 5.32 Å². The molecule has 0 saturated carbocycles. The number of halogens is 2. The summed E-state index contributed by atoms with van der Waals surface area (Å²) in [7, 11) is 1.61. The summed E-state index contributed by atoms with van der Waals surface area (Å²) in [6.45, 7) is 14.2. The SMILES string of the molecule is C=C(Nc1ccc(NC(=O)NCCC(C)(C)F)cc1)c1c(F)cc(OCCCOC)cc1N=CC.CCCC. The molecule has 2 amide bonds. The molecule has 0 saturated heterocycles. The number of nitrogens with zero attached hydrogens (tertiary/aromatic N) is 1. The van der Waals surface area contributed by atoms with Gasteiger partial charge >= 0.3 is 6.03 Å². The van der Waals surface area contributed by atoms with Crippen molar-refractivity contribution >= 4 is 35.0 Å². The van der Waals surface area contributed by atoms with E-state index in [0.717, 1.165) is 0 Å². The Kier molecular flexibility index (Phi) is 15.4. The van der Waals surface area contributed by atoms with E-state index >= 15 is 0 Å². The van der Waals surface area contributed by atoms with Crippen molar-refractivity contribution in [1.29, 1.82) is 0 Å². The summed E-state index contributed by atoms with van der Waals surface area (Å²) in [6, 6.07) is 9.36. The number of anilines is 2. The fraction of sp³-hybridized carbons (Fsp3) is 0.467. The highest BCUT2D eigenvalue weighted by Crippen LogP contribution is 2.33. The van der Waals surface area contributed by atoms with Crippen LogP contribution in [0.1, 0.15) is 65.9 Å². The molecule has 0 fully saturated rings. The first kappa shape index (κ1) is 33.6. The van der Waals surface area contributed by atoms with E-state index in [2.05, 4.69) is 41.4 Å². The van der Waals surface area contributed by atoms with Gasteiger partial charge in [-0.25, -0.2) is 13.6 Å². The van der Waals surface area contributed by atoms with Gasteiger partial charge in [-0.05, 0) is 51.5 Å². The van der Waals surface area contributed by atoms with Crippen molar-refractivity contribution in [2.24, 2.45) is 4.99 Å². The number of methoxy groups -OCH3 is 1. The molecule has 0 heterocycles. The zero-order valence-corrected chi connectivity index (χ0v) is 24.1. The van der Waals surface area contributed by atoms with Crippen LogP contribution in [0.5, 0.6) is 5.75 Å². The van der Waals surface area contributed by atoms with E-state index in [1.54, 1.807) is 50.6 Å². The monoisotopic (exact) mass is 546 g/mol. The van der Waals surface area contributed by atoms with Crippen molar-refractivity contribution in [3.05, 3.63) is 54.4 Å². The molecule has 7 nitrogen and oxygen atoms in total. The Hall–Kier alpha value is -3.46. The molecule has 0 aliphatic carbocycles. The summed E-state index contributed by atoms with van der Waals surface area (Å²) < 4.78 is 39.1. The third-order valence-corrected chi connectivity index (χ3v) is 5.32. The first-order valence-electron chi connectivity index (χ1n) is 13.3. The second kappa shape index (κ2) is 17.9. The van der Waals surface area contributed by atoms with Crippen LogP contribution in [0.25, 0.3) is 5.70 Å². The Morgan fingerprint density at radius 3 is 2.23 bits per heavy atom. The lowest BCUT2D eigenvalue weighted by molar-refractivity contribution is 0.172. The predicted octanol–water partition coefficient (Wildman–Crippen LogP) is 8.11. The van der Waals surface area contributed by atoms with Gasteiger partial charge in [0.2, 0.25) is 0 Å². The van der Waals surface area contributed by atoms with Crippen LogP contribution in [-0.4, -0.2) is 44.8 Å². The Labute approximate surface area is 232 Å². The molecule has 0 aromatic heterocycles. The number of amides is 2. The molecule has 216 valence electrons. The zero-order chi connectivity index (χ0) is 29.3. The first-order valence-corrected chi connectivity index (χ1v) is 13.3. The van der Waals surface area contributed by atoms with Crippen LogP contribution in [0.4, 0.5) is 30.6 Å². The second-order valence-electron chi connectivity index (χ2n) is 9.41. The Morgan fingerprint density at radius 2 is 1.69 bits per heavy atom. The predicted molar refractivity (Wildman–Crippen MR) is 159 cm³/mol. The summed E-state index contributed by atoms with van der Waals surface area (Å²) in [6.07, 6.45) is 5.11. The van der Waals surface area contributed by atoms with Crippen LogP contribution in [0.2, 0.25) is 0 Å². The number of hydrogen-bond acceptors (Lipinski definition) is 5. The quantitative estimate of drug-likeness (QED) is 0.165. The maximum Gasteiger partial charge on any atom is 0.319 e. The number of carbonyl (C=O) groups is 1. The number of unbranched alkanes of at least 4 members (excludes halogenated alkanes) is 1. The lowest BCUT2D eigenvalue weighted by Crippen LogP contribution is -2.32. The average molecular weight is 547 g/mol. The van der Waals surface area contributed by atoms with Gasteiger partial charge in [-0.3, -0.25) is 4.99 Å². The minimum atomic E-state index is -1.35. The number of aliphatic imine (C=N–C) groups is 1. The minimum Gasteiger partial charge on any atom is -0.493 e. The molecule has 0 spiro atoms. The molecule has 9 heteroatoms. The van der Waals surface area contributed by atoms with Crippen LogP contribution >= 0.6 is 0 Å². The highest BCUT2D eigenvalue weighted by molar-refractivity contribution is 5.90. The molecule has 39 heavy (non-hydrogen) atoms. The molecule has 3 N–H and O–H groups in total. The van der Waals surface area contributed by atoms with E-state index in [9.17, 15) is 13.6 Å². The van der Waals surface area contributed by atoms with Gasteiger partial charge in [0.1, 0.15) is 17.2 Å². The van der Waals surface area contributed by atoms with Gasteiger partial charge in [-0.1, -0.05) is 33.3 Å². The van der Waals surface area contributed by atoms with E-state index in [0.29, 0.717) is 48.1 Å². The molecular formula is C30H44F2N4O3. The maximum atomic E-state index is 15.0.